The second-order valence-electron chi connectivity index (χ2n) is 20.7. The number of aliphatic hydroxyl groups excluding tert-OH is 3. The first kappa shape index (κ1) is 88.1. The maximum atomic E-state index is 12.3. The molecule has 96 heavy (non-hydrogen) atoms. The van der Waals surface area contributed by atoms with Crippen molar-refractivity contribution in [2.75, 3.05) is 66.3 Å². The molecule has 4 N–H and O–H groups in total. The largest absolute Gasteiger partial charge is 0.469 e. The quantitative estimate of drug-likeness (QED) is 0.0219. The monoisotopic (exact) mass is 1670 g/mol. The van der Waals surface area contributed by atoms with E-state index in [2.05, 4.69) is 54.8 Å². The number of carbonyl (C=O) groups is 6. The summed E-state index contributed by atoms with van der Waals surface area (Å²) in [6.07, 6.45) is 3.77. The molecule has 0 bridgehead atoms. The molecule has 8 heterocycles. The van der Waals surface area contributed by atoms with Crippen LogP contribution in [0.5, 0.6) is 0 Å². The van der Waals surface area contributed by atoms with Gasteiger partial charge in [-0.25, -0.2) is 9.59 Å². The zero-order valence-corrected chi connectivity index (χ0v) is 66.8. The molecule has 2 aliphatic rings. The molecule has 33 heteroatoms. The van der Waals surface area contributed by atoms with Crippen molar-refractivity contribution < 1.29 is 63.0 Å². The summed E-state index contributed by atoms with van der Waals surface area (Å²) in [5.41, 5.74) is 4.88. The van der Waals surface area contributed by atoms with Gasteiger partial charge in [-0.1, -0.05) is 179 Å². The Morgan fingerprint density at radius 2 is 1.18 bits per heavy atom. The molecule has 15 nitrogen and oxygen atoms in total. The van der Waals surface area contributed by atoms with Crippen LogP contribution in [0, 0.1) is 5.41 Å². The molecule has 1 unspecified atom stereocenters. The molecule has 1 atom stereocenters. The number of hydrogen-bond donors (Lipinski definition) is 4. The van der Waals surface area contributed by atoms with Gasteiger partial charge in [0.2, 0.25) is 0 Å². The number of benzene rings is 1. The third-order valence-electron chi connectivity index (χ3n) is 12.8. The summed E-state index contributed by atoms with van der Waals surface area (Å²) in [6, 6.07) is 13.9. The van der Waals surface area contributed by atoms with Crippen molar-refractivity contribution >= 4 is 242 Å². The molecule has 0 amide bonds. The van der Waals surface area contributed by atoms with E-state index < -0.39 is 29.3 Å². The predicted octanol–water partition coefficient (Wildman–Crippen LogP) is 19.0. The smallest absolute Gasteiger partial charge is 0.391 e. The van der Waals surface area contributed by atoms with Crippen LogP contribution in [0.15, 0.2) is 47.8 Å². The topological polar surface area (TPSA) is 215 Å². The van der Waals surface area contributed by atoms with E-state index in [0.717, 1.165) is 94.4 Å². The highest BCUT2D eigenvalue weighted by atomic mass is 35.5. The normalized spacial score (nSPS) is 12.7. The highest BCUT2D eigenvalue weighted by Gasteiger charge is 2.30. The van der Waals surface area contributed by atoms with E-state index in [1.165, 1.54) is 73.6 Å². The average Bonchev–Trinajstić information content (AvgIpc) is 1.66. The van der Waals surface area contributed by atoms with E-state index in [1.807, 2.05) is 26.2 Å². The highest BCUT2D eigenvalue weighted by molar-refractivity contribution is 7.18. The van der Waals surface area contributed by atoms with Gasteiger partial charge in [0.1, 0.15) is 21.7 Å². The van der Waals surface area contributed by atoms with Crippen molar-refractivity contribution in [2.45, 2.75) is 106 Å². The molecule has 1 aromatic carbocycles. The zero-order valence-electron chi connectivity index (χ0n) is 52.8. The van der Waals surface area contributed by atoms with E-state index in [1.54, 1.807) is 49.5 Å². The lowest BCUT2D eigenvalue weighted by Crippen LogP contribution is -2.25. The number of nitrogens with zero attached hydrogens (tertiary/aromatic N) is 1. The van der Waals surface area contributed by atoms with Gasteiger partial charge in [-0.15, -0.1) is 68.0 Å². The van der Waals surface area contributed by atoms with E-state index in [0.29, 0.717) is 77.2 Å². The number of nitrogens with one attached hydrogen (secondary N) is 1. The second-order valence-corrected chi connectivity index (χ2v) is 32.8. The highest BCUT2D eigenvalue weighted by Crippen LogP contribution is 2.42. The number of Topliss-reactive ketones (excluding diaryl/α,β-unsaturated/α-hetero) is 1. The van der Waals surface area contributed by atoms with Crippen molar-refractivity contribution in [1.29, 1.82) is 0 Å². The number of ether oxygens (including phenoxy) is 4. The molecule has 530 valence electrons. The summed E-state index contributed by atoms with van der Waals surface area (Å²) in [5.74, 6) is -2.33. The Kier molecular flexibility index (Phi) is 42.1. The van der Waals surface area contributed by atoms with Gasteiger partial charge in [0.05, 0.1) is 74.8 Å². The molecule has 9 rings (SSSR count). The number of thiophene rings is 6. The number of halogens is 12. The summed E-state index contributed by atoms with van der Waals surface area (Å²) in [5, 5.41) is 34.4. The van der Waals surface area contributed by atoms with Gasteiger partial charge in [-0.3, -0.25) is 24.1 Å². The minimum absolute atomic E-state index is 0.00666. The van der Waals surface area contributed by atoms with E-state index in [4.69, 9.17) is 154 Å². The summed E-state index contributed by atoms with van der Waals surface area (Å²) < 4.78 is 20.9. The molecule has 7 aromatic rings. The lowest BCUT2D eigenvalue weighted by atomic mass is 9.89. The predicted molar refractivity (Wildman–Crippen MR) is 401 cm³/mol. The summed E-state index contributed by atoms with van der Waals surface area (Å²) in [6.45, 7) is 16.7. The Morgan fingerprint density at radius 1 is 0.604 bits per heavy atom. The van der Waals surface area contributed by atoms with Crippen LogP contribution in [-0.4, -0.2) is 121 Å². The van der Waals surface area contributed by atoms with Crippen LogP contribution in [0.2, 0.25) is 51.8 Å². The molecule has 0 aliphatic carbocycles. The standard InChI is InChI=1S/C15H15Cl2NS.C13H18ClNOS.C11H12Cl2O4S.C8H8Cl2O3S.C8H10Cl2O2S.C4H2Cl2S.C4H5ClO3/c16-14-12-6-8-18(9-7-13(12)19-15(14)17)10-11-4-2-1-3-5-11;1-13(2,3)12(16)11-10(14)8-4-6-15-7-5-9(8)17-11;1-3-17-9(15)5-7-6(4-8(14)16-2)10(12)11(13)18-7;1-2-13-8(12)6(11)5-3-4(9)7(10)14-5;9-7-5(1-3-11)6(2-4-12)13-8(7)10;5-3-1-2-7-4(3)6;1-2-8-4(7)3(5)6/h1-5H,6-10H2;15H,4-7H2,1-3H3;3-5H2,1-2H3;3,6,11H,2H2,1H3;11-12H,1-4H2;1-2H;2H2,1H3. The van der Waals surface area contributed by atoms with Crippen LogP contribution in [0.4, 0.5) is 0 Å². The number of carbonyl (C=O) groups excluding carboxylic acids is 6. The van der Waals surface area contributed by atoms with Crippen LogP contribution >= 0.6 is 207 Å². The Balaban J connectivity index is 0.000000298. The summed E-state index contributed by atoms with van der Waals surface area (Å²) >= 11 is 77.7. The van der Waals surface area contributed by atoms with Crippen LogP contribution in [0.25, 0.3) is 0 Å². The van der Waals surface area contributed by atoms with Gasteiger partial charge in [0.15, 0.2) is 11.9 Å². The molecule has 2 aliphatic heterocycles. The lowest BCUT2D eigenvalue weighted by molar-refractivity contribution is -0.153. The van der Waals surface area contributed by atoms with Gasteiger partial charge >= 0.3 is 29.1 Å². The Labute approximate surface area is 642 Å². The minimum atomic E-state index is -1.30. The number of fused-ring (bicyclic) bond motifs is 2. The Morgan fingerprint density at radius 3 is 1.70 bits per heavy atom. The molecule has 0 spiro atoms. The van der Waals surface area contributed by atoms with Crippen molar-refractivity contribution in [3.05, 3.63) is 157 Å². The minimum Gasteiger partial charge on any atom is -0.469 e. The molecule has 6 aromatic heterocycles. The van der Waals surface area contributed by atoms with E-state index in [-0.39, 0.29) is 56.4 Å². The first-order chi connectivity index (χ1) is 45.4. The number of esters is 4. The number of ketones is 1. The van der Waals surface area contributed by atoms with E-state index in [9.17, 15) is 33.9 Å². The molecule has 0 saturated heterocycles. The van der Waals surface area contributed by atoms with Gasteiger partial charge in [0, 0.05) is 69.1 Å². The van der Waals surface area contributed by atoms with Gasteiger partial charge in [0.25, 0.3) is 0 Å². The fourth-order valence-electron chi connectivity index (χ4n) is 8.27. The van der Waals surface area contributed by atoms with Crippen molar-refractivity contribution in [3.8, 4) is 0 Å². The number of methoxy groups -OCH3 is 1. The molecular formula is C63H70Cl12N2O13S6. The maximum Gasteiger partial charge on any atom is 0.391 e. The van der Waals surface area contributed by atoms with Crippen molar-refractivity contribution in [1.82, 2.24) is 10.2 Å². The van der Waals surface area contributed by atoms with Crippen LogP contribution < -0.4 is 5.32 Å². The Bertz CT molecular complexity index is 3590. The SMILES string of the molecule is CC(C)(C)C(=O)c1sc2c(c1Cl)CCNCC2.CCOC(=O)C(=O)Cl.CCOC(=O)C(O)c1cc(Cl)c(Cl)s1.CCOC(=O)Cc1sc(Cl)c(Cl)c1CC(=O)OC.Clc1ccsc1Cl.Clc1sc2c(c1Cl)CCN(Cc1ccccc1)CC2.OCCc1sc(Cl)c(Cl)c1CCO. The maximum absolute atomic E-state index is 12.3. The number of hydrogen-bond acceptors (Lipinski definition) is 21. The van der Waals surface area contributed by atoms with Crippen molar-refractivity contribution in [3.63, 3.8) is 0 Å². The average molecular weight is 1680 g/mol. The first-order valence-corrected chi connectivity index (χ1v) is 38.6. The van der Waals surface area contributed by atoms with Crippen LogP contribution in [-0.2, 0) is 101 Å². The van der Waals surface area contributed by atoms with E-state index >= 15 is 0 Å². The van der Waals surface area contributed by atoms with Crippen LogP contribution in [0.1, 0.15) is 110 Å². The molecule has 0 radical (unpaired) electrons. The summed E-state index contributed by atoms with van der Waals surface area (Å²) in [7, 11) is 1.29. The third kappa shape index (κ3) is 29.3. The molecule has 0 fully saturated rings. The first-order valence-electron chi connectivity index (χ1n) is 29.1. The number of aliphatic hydroxyl groups is 3. The van der Waals surface area contributed by atoms with Gasteiger partial charge < -0.3 is 39.6 Å². The van der Waals surface area contributed by atoms with Gasteiger partial charge in [-0.2, -0.15) is 0 Å². The second kappa shape index (κ2) is 45.8. The zero-order chi connectivity index (χ0) is 72.0. The Hall–Kier alpha value is -2.08. The summed E-state index contributed by atoms with van der Waals surface area (Å²) in [4.78, 5) is 73.9. The van der Waals surface area contributed by atoms with Crippen molar-refractivity contribution in [2.24, 2.45) is 5.41 Å². The molecule has 0 saturated carbocycles. The van der Waals surface area contributed by atoms with Crippen LogP contribution in [0.3, 0.4) is 0 Å². The fraction of sp³-hybridized carbons (Fsp3) is 0.429. The van der Waals surface area contributed by atoms with Gasteiger partial charge in [-0.05, 0) is 123 Å². The molecular weight excluding hydrogens is 1610 g/mol. The fourth-order valence-corrected chi connectivity index (χ4v) is 17.6. The lowest BCUT2D eigenvalue weighted by Gasteiger charge is -2.19. The number of rotatable bonds is 17. The third-order valence-corrected chi connectivity index (χ3v) is 24.8.